The van der Waals surface area contributed by atoms with E-state index >= 15 is 0 Å². The lowest BCUT2D eigenvalue weighted by Gasteiger charge is -2.22. The summed E-state index contributed by atoms with van der Waals surface area (Å²) in [5.41, 5.74) is 1.02. The van der Waals surface area contributed by atoms with Crippen molar-refractivity contribution in [3.63, 3.8) is 0 Å². The number of allylic oxidation sites excluding steroid dienone is 1. The fourth-order valence-corrected chi connectivity index (χ4v) is 2.18. The number of hydrogen-bond acceptors (Lipinski definition) is 3. The molecule has 0 rings (SSSR count). The molecule has 0 spiro atoms. The van der Waals surface area contributed by atoms with E-state index in [1.54, 1.807) is 13.2 Å². The Bertz CT molecular complexity index is 377. The zero-order valence-corrected chi connectivity index (χ0v) is 14.2. The lowest BCUT2D eigenvalue weighted by atomic mass is 9.97. The van der Waals surface area contributed by atoms with Crippen molar-refractivity contribution < 1.29 is 14.6 Å². The second-order valence-corrected chi connectivity index (χ2v) is 5.61. The molecule has 1 amide bonds. The van der Waals surface area contributed by atoms with Gasteiger partial charge in [-0.2, -0.15) is 0 Å². The van der Waals surface area contributed by atoms with Gasteiger partial charge in [-0.25, -0.2) is 0 Å². The van der Waals surface area contributed by atoms with Crippen LogP contribution in [0.5, 0.6) is 0 Å². The summed E-state index contributed by atoms with van der Waals surface area (Å²) in [4.78, 5) is 11.7. The van der Waals surface area contributed by atoms with Crippen LogP contribution in [0, 0.1) is 5.92 Å². The van der Waals surface area contributed by atoms with E-state index in [-0.39, 0.29) is 11.8 Å². The number of methoxy groups -OCH3 is 1. The van der Waals surface area contributed by atoms with Crippen molar-refractivity contribution in [3.05, 3.63) is 37.0 Å². The summed E-state index contributed by atoms with van der Waals surface area (Å²) < 4.78 is 5.15. The first-order valence-electron chi connectivity index (χ1n) is 7.84. The van der Waals surface area contributed by atoms with Gasteiger partial charge in [-0.3, -0.25) is 4.79 Å². The molecule has 2 N–H and O–H groups in total. The summed E-state index contributed by atoms with van der Waals surface area (Å²) in [6.45, 7) is 11.7. The fourth-order valence-electron chi connectivity index (χ4n) is 2.18. The first-order chi connectivity index (χ1) is 10.5. The van der Waals surface area contributed by atoms with E-state index in [0.717, 1.165) is 24.8 Å². The van der Waals surface area contributed by atoms with Gasteiger partial charge in [-0.05, 0) is 26.2 Å². The number of ether oxygens (including phenoxy) is 1. The summed E-state index contributed by atoms with van der Waals surface area (Å²) in [5.74, 6) is -0.0154. The second kappa shape index (κ2) is 12.2. The molecular weight excluding hydrogens is 278 g/mol. The number of rotatable bonds is 12. The zero-order valence-electron chi connectivity index (χ0n) is 14.2. The quantitative estimate of drug-likeness (QED) is 0.430. The van der Waals surface area contributed by atoms with Crippen LogP contribution in [0.4, 0.5) is 0 Å². The van der Waals surface area contributed by atoms with E-state index in [0.29, 0.717) is 13.0 Å². The smallest absolute Gasteiger partial charge is 0.220 e. The first-order valence-corrected chi connectivity index (χ1v) is 7.84. The molecule has 0 aliphatic rings. The van der Waals surface area contributed by atoms with Gasteiger partial charge in [0, 0.05) is 26.0 Å². The molecule has 0 aliphatic carbocycles. The molecule has 22 heavy (non-hydrogen) atoms. The van der Waals surface area contributed by atoms with E-state index in [1.807, 2.05) is 26.0 Å². The number of amides is 1. The number of aliphatic hydroxyl groups excluding tert-OH is 1. The Labute approximate surface area is 134 Å². The third-order valence-electron chi connectivity index (χ3n) is 3.55. The fraction of sp³-hybridized carbons (Fsp3) is 0.611. The van der Waals surface area contributed by atoms with Crippen molar-refractivity contribution in [2.75, 3.05) is 13.7 Å². The van der Waals surface area contributed by atoms with E-state index in [9.17, 15) is 9.90 Å². The van der Waals surface area contributed by atoms with Gasteiger partial charge in [-0.1, -0.05) is 30.7 Å². The first kappa shape index (κ1) is 20.6. The minimum Gasteiger partial charge on any atom is -0.389 e. The molecule has 0 fully saturated rings. The number of hydrogen-bond donors (Lipinski definition) is 2. The van der Waals surface area contributed by atoms with Gasteiger partial charge in [0.25, 0.3) is 0 Å². The lowest BCUT2D eigenvalue weighted by Crippen LogP contribution is -2.32. The van der Waals surface area contributed by atoms with Gasteiger partial charge in [0.15, 0.2) is 0 Å². The molecule has 0 aromatic carbocycles. The minimum absolute atomic E-state index is 0.0610. The summed E-state index contributed by atoms with van der Waals surface area (Å²) in [5, 5.41) is 13.0. The summed E-state index contributed by atoms with van der Waals surface area (Å²) >= 11 is 0. The lowest BCUT2D eigenvalue weighted by molar-refractivity contribution is -0.121. The molecule has 0 aliphatic heterocycles. The third-order valence-corrected chi connectivity index (χ3v) is 3.55. The number of unbranched alkanes of at least 4 members (excludes halogenated alkanes) is 2. The summed E-state index contributed by atoms with van der Waals surface area (Å²) in [6.07, 6.45) is 7.75. The molecule has 2 unspecified atom stereocenters. The number of carbonyl (C=O) groups is 1. The Morgan fingerprint density at radius 3 is 2.59 bits per heavy atom. The molecule has 126 valence electrons. The molecule has 0 aromatic heterocycles. The second-order valence-electron chi connectivity index (χ2n) is 5.61. The standard InChI is InChI=1S/C18H31NO3/c1-6-8-9-10-11-17(20)19-13-14(3)12-15(4)18(21)16(7-2)22-5/h6-7,12,15-16,18,21H,1-2,8-11,13H2,3-5H3,(H,19,20)/b14-12-/t15?,16?,18-/m0/s1. The van der Waals surface area contributed by atoms with Crippen molar-refractivity contribution in [1.82, 2.24) is 5.32 Å². The molecule has 3 atom stereocenters. The average Bonchev–Trinajstić information content (AvgIpc) is 2.50. The van der Waals surface area contributed by atoms with E-state index < -0.39 is 12.2 Å². The molecule has 4 heteroatoms. The minimum atomic E-state index is -0.646. The topological polar surface area (TPSA) is 58.6 Å². The van der Waals surface area contributed by atoms with E-state index in [2.05, 4.69) is 18.5 Å². The predicted molar refractivity (Wildman–Crippen MR) is 91.6 cm³/mol. The van der Waals surface area contributed by atoms with Crippen LogP contribution in [0.25, 0.3) is 0 Å². The Morgan fingerprint density at radius 2 is 2.05 bits per heavy atom. The van der Waals surface area contributed by atoms with Crippen LogP contribution < -0.4 is 5.32 Å². The Kier molecular flexibility index (Phi) is 11.4. The molecule has 0 saturated heterocycles. The monoisotopic (exact) mass is 309 g/mol. The van der Waals surface area contributed by atoms with Gasteiger partial charge in [0.05, 0.1) is 6.10 Å². The summed E-state index contributed by atoms with van der Waals surface area (Å²) in [6, 6.07) is 0. The van der Waals surface area contributed by atoms with Gasteiger partial charge in [-0.15, -0.1) is 13.2 Å². The molecule has 0 heterocycles. The Morgan fingerprint density at radius 1 is 1.36 bits per heavy atom. The van der Waals surface area contributed by atoms with Crippen LogP contribution >= 0.6 is 0 Å². The van der Waals surface area contributed by atoms with Gasteiger partial charge < -0.3 is 15.2 Å². The molecule has 4 nitrogen and oxygen atoms in total. The highest BCUT2D eigenvalue weighted by Crippen LogP contribution is 2.14. The highest BCUT2D eigenvalue weighted by atomic mass is 16.5. The predicted octanol–water partition coefficient (Wildman–Crippen LogP) is 2.99. The number of nitrogens with one attached hydrogen (secondary N) is 1. The highest BCUT2D eigenvalue weighted by Gasteiger charge is 2.20. The SMILES string of the molecule is C=CCCCCC(=O)NC/C(C)=C\C(C)[C@H](O)C(C=C)OC. The normalized spacial score (nSPS) is 15.7. The third kappa shape index (κ3) is 8.80. The number of carbonyl (C=O) groups excluding carboxylic acids is 1. The molecule has 0 bridgehead atoms. The van der Waals surface area contributed by atoms with Crippen LogP contribution in [-0.2, 0) is 9.53 Å². The number of aliphatic hydroxyl groups is 1. The van der Waals surface area contributed by atoms with Gasteiger partial charge >= 0.3 is 0 Å². The van der Waals surface area contributed by atoms with Crippen LogP contribution in [-0.4, -0.2) is 36.9 Å². The molecule has 0 saturated carbocycles. The van der Waals surface area contributed by atoms with Crippen LogP contribution in [0.1, 0.15) is 39.5 Å². The Hall–Kier alpha value is -1.39. The van der Waals surface area contributed by atoms with Crippen molar-refractivity contribution in [2.45, 2.75) is 51.7 Å². The van der Waals surface area contributed by atoms with Crippen molar-refractivity contribution in [3.8, 4) is 0 Å². The van der Waals surface area contributed by atoms with Crippen molar-refractivity contribution in [2.24, 2.45) is 5.92 Å². The van der Waals surface area contributed by atoms with Crippen LogP contribution in [0.2, 0.25) is 0 Å². The molecule has 0 radical (unpaired) electrons. The van der Waals surface area contributed by atoms with E-state index in [1.165, 1.54) is 0 Å². The summed E-state index contributed by atoms with van der Waals surface area (Å²) in [7, 11) is 1.55. The Balaban J connectivity index is 4.18. The maximum atomic E-state index is 11.7. The van der Waals surface area contributed by atoms with Crippen LogP contribution in [0.15, 0.2) is 37.0 Å². The molecular formula is C18H31NO3. The largest absolute Gasteiger partial charge is 0.389 e. The molecule has 0 aromatic rings. The van der Waals surface area contributed by atoms with Crippen molar-refractivity contribution in [1.29, 1.82) is 0 Å². The van der Waals surface area contributed by atoms with E-state index in [4.69, 9.17) is 4.74 Å². The maximum Gasteiger partial charge on any atom is 0.220 e. The zero-order chi connectivity index (χ0) is 17.0. The maximum absolute atomic E-state index is 11.7. The van der Waals surface area contributed by atoms with Gasteiger partial charge in [0.1, 0.15) is 6.10 Å². The van der Waals surface area contributed by atoms with Crippen LogP contribution in [0.3, 0.4) is 0 Å². The average molecular weight is 309 g/mol. The van der Waals surface area contributed by atoms with Gasteiger partial charge in [0.2, 0.25) is 5.91 Å². The van der Waals surface area contributed by atoms with Crippen molar-refractivity contribution >= 4 is 5.91 Å². The highest BCUT2D eigenvalue weighted by molar-refractivity contribution is 5.76.